The molecule has 0 saturated carbocycles. The van der Waals surface area contributed by atoms with Crippen molar-refractivity contribution in [1.29, 1.82) is 0 Å². The van der Waals surface area contributed by atoms with E-state index in [-0.39, 0.29) is 17.0 Å². The summed E-state index contributed by atoms with van der Waals surface area (Å²) in [6, 6.07) is 13.3. The number of para-hydroxylation sites is 1. The van der Waals surface area contributed by atoms with Crippen molar-refractivity contribution >= 4 is 21.7 Å². The fourth-order valence-corrected chi connectivity index (χ4v) is 3.92. The Bertz CT molecular complexity index is 896. The average Bonchev–Trinajstić information content (AvgIpc) is 2.68. The third-order valence-electron chi connectivity index (χ3n) is 4.39. The van der Waals surface area contributed by atoms with E-state index in [2.05, 4.69) is 10.6 Å². The monoisotopic (exact) mass is 405 g/mol. The van der Waals surface area contributed by atoms with Gasteiger partial charge >= 0.3 is 6.03 Å². The topological polar surface area (TPSA) is 87.7 Å². The first-order valence-electron chi connectivity index (χ1n) is 9.00. The normalized spacial score (nSPS) is 11.5. The van der Waals surface area contributed by atoms with Crippen molar-refractivity contribution in [2.45, 2.75) is 31.2 Å². The largest absolute Gasteiger partial charge is 0.496 e. The van der Waals surface area contributed by atoms with Gasteiger partial charge in [0, 0.05) is 25.3 Å². The van der Waals surface area contributed by atoms with E-state index >= 15 is 0 Å². The Kier molecular flexibility index (Phi) is 7.42. The number of nitrogens with one attached hydrogen (secondary N) is 2. The number of hydrogen-bond acceptors (Lipinski definition) is 4. The fraction of sp³-hybridized carbons (Fsp3) is 0.350. The van der Waals surface area contributed by atoms with Crippen molar-refractivity contribution in [2.24, 2.45) is 0 Å². The fourth-order valence-electron chi connectivity index (χ4n) is 2.55. The van der Waals surface area contributed by atoms with Crippen LogP contribution in [0.3, 0.4) is 0 Å². The number of ether oxygens (including phenoxy) is 1. The summed E-state index contributed by atoms with van der Waals surface area (Å²) in [7, 11) is -0.386. The van der Waals surface area contributed by atoms with Gasteiger partial charge in [0.1, 0.15) is 5.75 Å². The predicted molar refractivity (Wildman–Crippen MR) is 110 cm³/mol. The van der Waals surface area contributed by atoms with Crippen LogP contribution in [0.1, 0.15) is 19.4 Å². The van der Waals surface area contributed by atoms with E-state index in [4.69, 9.17) is 4.74 Å². The van der Waals surface area contributed by atoms with Gasteiger partial charge < -0.3 is 15.4 Å². The lowest BCUT2D eigenvalue weighted by Crippen LogP contribution is -2.33. The van der Waals surface area contributed by atoms with E-state index in [1.165, 1.54) is 16.4 Å². The van der Waals surface area contributed by atoms with Crippen LogP contribution in [-0.4, -0.2) is 45.5 Å². The van der Waals surface area contributed by atoms with Crippen LogP contribution in [0.5, 0.6) is 5.75 Å². The minimum Gasteiger partial charge on any atom is -0.496 e. The molecule has 0 radical (unpaired) electrons. The van der Waals surface area contributed by atoms with Gasteiger partial charge in [-0.05, 0) is 56.2 Å². The molecule has 0 fully saturated rings. The van der Waals surface area contributed by atoms with Crippen molar-refractivity contribution < 1.29 is 17.9 Å². The molecule has 152 valence electrons. The lowest BCUT2D eigenvalue weighted by atomic mass is 10.1. The zero-order valence-electron chi connectivity index (χ0n) is 16.6. The first-order valence-corrected chi connectivity index (χ1v) is 10.4. The van der Waals surface area contributed by atoms with Crippen LogP contribution in [0.15, 0.2) is 53.4 Å². The summed E-state index contributed by atoms with van der Waals surface area (Å²) >= 11 is 0. The molecule has 0 aliphatic heterocycles. The van der Waals surface area contributed by atoms with Gasteiger partial charge in [-0.25, -0.2) is 13.2 Å². The summed E-state index contributed by atoms with van der Waals surface area (Å²) in [4.78, 5) is 12.2. The Hall–Kier alpha value is -2.58. The highest BCUT2D eigenvalue weighted by Gasteiger charge is 2.22. The molecule has 0 spiro atoms. The van der Waals surface area contributed by atoms with Crippen molar-refractivity contribution in [3.05, 3.63) is 54.1 Å². The molecule has 2 amide bonds. The smallest absolute Gasteiger partial charge is 0.319 e. The maximum absolute atomic E-state index is 12.5. The quantitative estimate of drug-likeness (QED) is 0.706. The zero-order chi connectivity index (χ0) is 20.7. The molecule has 7 nitrogen and oxygen atoms in total. The van der Waals surface area contributed by atoms with Crippen LogP contribution >= 0.6 is 0 Å². The van der Waals surface area contributed by atoms with Crippen LogP contribution < -0.4 is 15.4 Å². The number of rotatable bonds is 8. The summed E-state index contributed by atoms with van der Waals surface area (Å²) in [5.74, 6) is 0.785. The maximum Gasteiger partial charge on any atom is 0.319 e. The van der Waals surface area contributed by atoms with Crippen LogP contribution in [-0.2, 0) is 16.4 Å². The molecule has 0 unspecified atom stereocenters. The van der Waals surface area contributed by atoms with Gasteiger partial charge in [-0.3, -0.25) is 0 Å². The number of carbonyl (C=O) groups is 1. The van der Waals surface area contributed by atoms with Gasteiger partial charge in [-0.2, -0.15) is 4.31 Å². The van der Waals surface area contributed by atoms with E-state index < -0.39 is 10.0 Å². The van der Waals surface area contributed by atoms with E-state index in [9.17, 15) is 13.2 Å². The first kappa shape index (κ1) is 21.7. The van der Waals surface area contributed by atoms with E-state index in [1.807, 2.05) is 38.1 Å². The molecular formula is C20H27N3O4S. The molecule has 2 rings (SSSR count). The van der Waals surface area contributed by atoms with Crippen molar-refractivity contribution in [2.75, 3.05) is 26.0 Å². The highest BCUT2D eigenvalue weighted by Crippen LogP contribution is 2.19. The number of carbonyl (C=O) groups excluding carboxylic acids is 1. The highest BCUT2D eigenvalue weighted by molar-refractivity contribution is 7.89. The number of amides is 2. The van der Waals surface area contributed by atoms with Gasteiger partial charge in [-0.15, -0.1) is 0 Å². The van der Waals surface area contributed by atoms with Gasteiger partial charge in [0.25, 0.3) is 0 Å². The molecule has 0 aliphatic carbocycles. The van der Waals surface area contributed by atoms with Crippen molar-refractivity contribution in [3.8, 4) is 5.75 Å². The Morgan fingerprint density at radius 2 is 1.75 bits per heavy atom. The molecule has 28 heavy (non-hydrogen) atoms. The third kappa shape index (κ3) is 5.46. The Morgan fingerprint density at radius 1 is 1.11 bits per heavy atom. The molecule has 2 N–H and O–H groups in total. The number of benzene rings is 2. The lowest BCUT2D eigenvalue weighted by molar-refractivity contribution is 0.252. The van der Waals surface area contributed by atoms with Gasteiger partial charge in [-0.1, -0.05) is 18.2 Å². The average molecular weight is 406 g/mol. The Morgan fingerprint density at radius 3 is 2.36 bits per heavy atom. The second-order valence-electron chi connectivity index (χ2n) is 6.58. The van der Waals surface area contributed by atoms with Gasteiger partial charge in [0.15, 0.2) is 0 Å². The summed E-state index contributed by atoms with van der Waals surface area (Å²) in [6.45, 7) is 4.06. The molecule has 0 aromatic heterocycles. The molecule has 2 aromatic carbocycles. The number of anilines is 1. The van der Waals surface area contributed by atoms with Crippen LogP contribution in [0.25, 0.3) is 0 Å². The minimum absolute atomic E-state index is 0.142. The minimum atomic E-state index is -3.54. The number of hydrogen-bond donors (Lipinski definition) is 2. The van der Waals surface area contributed by atoms with E-state index in [0.29, 0.717) is 18.7 Å². The maximum atomic E-state index is 12.5. The van der Waals surface area contributed by atoms with Crippen molar-refractivity contribution in [3.63, 3.8) is 0 Å². The van der Waals surface area contributed by atoms with Crippen LogP contribution in [0, 0.1) is 0 Å². The molecule has 8 heteroatoms. The summed E-state index contributed by atoms with van der Waals surface area (Å²) in [6.07, 6.45) is 0.635. The molecule has 0 bridgehead atoms. The molecular weight excluding hydrogens is 378 g/mol. The van der Waals surface area contributed by atoms with Gasteiger partial charge in [0.2, 0.25) is 10.0 Å². The number of nitrogens with zero attached hydrogens (tertiary/aromatic N) is 1. The summed E-state index contributed by atoms with van der Waals surface area (Å²) in [5, 5.41) is 5.47. The zero-order valence-corrected chi connectivity index (χ0v) is 17.4. The second-order valence-corrected chi connectivity index (χ2v) is 8.58. The number of urea groups is 1. The standard InChI is InChI=1S/C20H27N3O4S/c1-15(2)23(3)28(25,26)18-11-9-17(10-12-18)22-20(24)21-14-13-16-7-5-6-8-19(16)27-4/h5-12,15H,13-14H2,1-4H3,(H2,21,22,24). The van der Waals surface area contributed by atoms with Crippen molar-refractivity contribution in [1.82, 2.24) is 9.62 Å². The van der Waals surface area contributed by atoms with Gasteiger partial charge in [0.05, 0.1) is 12.0 Å². The van der Waals surface area contributed by atoms with Crippen LogP contribution in [0.2, 0.25) is 0 Å². The second kappa shape index (κ2) is 9.57. The number of methoxy groups -OCH3 is 1. The Labute approximate surface area is 166 Å². The SMILES string of the molecule is COc1ccccc1CCNC(=O)Nc1ccc(S(=O)(=O)N(C)C(C)C)cc1. The molecule has 2 aromatic rings. The van der Waals surface area contributed by atoms with E-state index in [0.717, 1.165) is 11.3 Å². The lowest BCUT2D eigenvalue weighted by Gasteiger charge is -2.21. The molecule has 0 atom stereocenters. The summed E-state index contributed by atoms with van der Waals surface area (Å²) < 4.78 is 31.5. The molecule has 0 saturated heterocycles. The summed E-state index contributed by atoms with van der Waals surface area (Å²) in [5.41, 5.74) is 1.52. The molecule has 0 heterocycles. The first-order chi connectivity index (χ1) is 13.3. The van der Waals surface area contributed by atoms with Crippen LogP contribution in [0.4, 0.5) is 10.5 Å². The highest BCUT2D eigenvalue weighted by atomic mass is 32.2. The third-order valence-corrected chi connectivity index (χ3v) is 6.44. The molecule has 0 aliphatic rings. The predicted octanol–water partition coefficient (Wildman–Crippen LogP) is 3.09. The Balaban J connectivity index is 1.91. The number of sulfonamides is 1. The van der Waals surface area contributed by atoms with E-state index in [1.54, 1.807) is 26.3 Å².